The first-order valence-corrected chi connectivity index (χ1v) is 8.08. The minimum absolute atomic E-state index is 0. The number of para-hydroxylation sites is 1. The van der Waals surface area contributed by atoms with Gasteiger partial charge >= 0.3 is 0 Å². The van der Waals surface area contributed by atoms with Crippen LogP contribution in [0, 0.1) is 5.92 Å². The smallest absolute Gasteiger partial charge is 0.193 e. The van der Waals surface area contributed by atoms with Crippen molar-refractivity contribution < 1.29 is 0 Å². The third-order valence-electron chi connectivity index (χ3n) is 3.95. The summed E-state index contributed by atoms with van der Waals surface area (Å²) in [6, 6.07) is 9.92. The number of nitrogens with zero attached hydrogens (tertiary/aromatic N) is 2. The Hall–Kier alpha value is -0.820. The van der Waals surface area contributed by atoms with Gasteiger partial charge in [0.05, 0.1) is 0 Å². The summed E-state index contributed by atoms with van der Waals surface area (Å²) in [5.74, 6) is 1.37. The van der Waals surface area contributed by atoms with E-state index in [2.05, 4.69) is 22.1 Å². The second-order valence-corrected chi connectivity index (χ2v) is 6.01. The molecule has 5 heteroatoms. The number of hydrogen-bond donors (Lipinski definition) is 2. The summed E-state index contributed by atoms with van der Waals surface area (Å²) in [4.78, 5) is 6.97. The van der Waals surface area contributed by atoms with Gasteiger partial charge in [-0.25, -0.2) is 0 Å². The summed E-state index contributed by atoms with van der Waals surface area (Å²) in [6.07, 6.45) is 5.05. The number of likely N-dealkylation sites (tertiary alicyclic amines) is 1. The molecule has 1 aromatic carbocycles. The van der Waals surface area contributed by atoms with Gasteiger partial charge in [0.1, 0.15) is 0 Å². The number of unbranched alkanes of at least 4 members (excludes halogenated alkanes) is 1. The molecule has 4 nitrogen and oxygen atoms in total. The SMILES string of the molecule is CC1CCCN(CCCCN=C(N)Nc2ccccc2)C1.I. The highest BCUT2D eigenvalue weighted by Crippen LogP contribution is 2.15. The van der Waals surface area contributed by atoms with Crippen LogP contribution in [-0.2, 0) is 0 Å². The molecule has 3 N–H and O–H groups in total. The van der Waals surface area contributed by atoms with Crippen LogP contribution in [-0.4, -0.2) is 37.0 Å². The Morgan fingerprint density at radius 2 is 2.09 bits per heavy atom. The van der Waals surface area contributed by atoms with E-state index in [9.17, 15) is 0 Å². The van der Waals surface area contributed by atoms with Gasteiger partial charge in [-0.05, 0) is 56.8 Å². The Labute approximate surface area is 151 Å². The highest BCUT2D eigenvalue weighted by atomic mass is 127. The number of nitrogens with two attached hydrogens (primary N) is 1. The van der Waals surface area contributed by atoms with Gasteiger partial charge in [-0.15, -0.1) is 24.0 Å². The molecule has 1 heterocycles. The van der Waals surface area contributed by atoms with Crippen LogP contribution < -0.4 is 11.1 Å². The first kappa shape index (κ1) is 19.2. The van der Waals surface area contributed by atoms with E-state index in [1.54, 1.807) is 0 Å². The summed E-state index contributed by atoms with van der Waals surface area (Å²) in [5, 5.41) is 3.11. The standard InChI is InChI=1S/C17H28N4.HI/c1-15-8-7-13-21(14-15)12-6-5-11-19-17(18)20-16-9-3-2-4-10-16;/h2-4,9-10,15H,5-8,11-14H2,1H3,(H3,18,19,20);1H. The number of benzene rings is 1. The molecule has 0 saturated carbocycles. The molecule has 0 bridgehead atoms. The Bertz CT molecular complexity index is 436. The van der Waals surface area contributed by atoms with Crippen LogP contribution in [0.3, 0.4) is 0 Å². The van der Waals surface area contributed by atoms with Crippen LogP contribution in [0.15, 0.2) is 35.3 Å². The summed E-state index contributed by atoms with van der Waals surface area (Å²) in [7, 11) is 0. The number of halogens is 1. The lowest BCUT2D eigenvalue weighted by atomic mass is 10.0. The summed E-state index contributed by atoms with van der Waals surface area (Å²) in [5.41, 5.74) is 6.86. The van der Waals surface area contributed by atoms with Crippen molar-refractivity contribution in [3.8, 4) is 0 Å². The monoisotopic (exact) mass is 416 g/mol. The maximum atomic E-state index is 5.88. The van der Waals surface area contributed by atoms with Gasteiger partial charge in [0.2, 0.25) is 0 Å². The van der Waals surface area contributed by atoms with E-state index in [-0.39, 0.29) is 24.0 Å². The molecule has 1 aromatic rings. The molecular formula is C17H29IN4. The van der Waals surface area contributed by atoms with Crippen molar-refractivity contribution in [2.45, 2.75) is 32.6 Å². The Balaban J connectivity index is 0.00000242. The second kappa shape index (κ2) is 10.8. The van der Waals surface area contributed by atoms with E-state index < -0.39 is 0 Å². The lowest BCUT2D eigenvalue weighted by Crippen LogP contribution is -2.35. The molecule has 0 radical (unpaired) electrons. The maximum absolute atomic E-state index is 5.88. The summed E-state index contributed by atoms with van der Waals surface area (Å²) >= 11 is 0. The van der Waals surface area contributed by atoms with Crippen LogP contribution in [0.2, 0.25) is 0 Å². The fraction of sp³-hybridized carbons (Fsp3) is 0.588. The van der Waals surface area contributed by atoms with Crippen molar-refractivity contribution >= 4 is 35.6 Å². The minimum atomic E-state index is 0. The van der Waals surface area contributed by atoms with Crippen molar-refractivity contribution in [2.24, 2.45) is 16.6 Å². The van der Waals surface area contributed by atoms with E-state index in [4.69, 9.17) is 5.73 Å². The van der Waals surface area contributed by atoms with Crippen molar-refractivity contribution in [1.29, 1.82) is 0 Å². The average molecular weight is 416 g/mol. The number of anilines is 1. The van der Waals surface area contributed by atoms with Gasteiger partial charge in [0.25, 0.3) is 0 Å². The van der Waals surface area contributed by atoms with Crippen LogP contribution in [0.5, 0.6) is 0 Å². The molecule has 1 aliphatic heterocycles. The molecule has 0 spiro atoms. The van der Waals surface area contributed by atoms with Gasteiger partial charge in [-0.2, -0.15) is 0 Å². The Morgan fingerprint density at radius 1 is 1.32 bits per heavy atom. The van der Waals surface area contributed by atoms with Crippen LogP contribution in [0.4, 0.5) is 5.69 Å². The summed E-state index contributed by atoms with van der Waals surface area (Å²) in [6.45, 7) is 6.89. The average Bonchev–Trinajstić information content (AvgIpc) is 2.48. The van der Waals surface area contributed by atoms with Gasteiger partial charge in [-0.1, -0.05) is 25.1 Å². The van der Waals surface area contributed by atoms with Crippen LogP contribution >= 0.6 is 24.0 Å². The van der Waals surface area contributed by atoms with Crippen molar-refractivity contribution in [1.82, 2.24) is 4.90 Å². The molecule has 124 valence electrons. The molecule has 0 aliphatic carbocycles. The molecule has 0 aromatic heterocycles. The zero-order valence-electron chi connectivity index (χ0n) is 13.5. The van der Waals surface area contributed by atoms with E-state index in [1.807, 2.05) is 30.3 Å². The Morgan fingerprint density at radius 3 is 2.82 bits per heavy atom. The molecule has 1 fully saturated rings. The molecule has 0 amide bonds. The summed E-state index contributed by atoms with van der Waals surface area (Å²) < 4.78 is 0. The van der Waals surface area contributed by atoms with Crippen LogP contribution in [0.25, 0.3) is 0 Å². The zero-order chi connectivity index (χ0) is 14.9. The molecule has 1 unspecified atom stereocenters. The number of aliphatic imine (C=N–C) groups is 1. The predicted octanol–water partition coefficient (Wildman–Crippen LogP) is 3.54. The lowest BCUT2D eigenvalue weighted by Gasteiger charge is -2.30. The highest BCUT2D eigenvalue weighted by molar-refractivity contribution is 14.0. The molecule has 22 heavy (non-hydrogen) atoms. The van der Waals surface area contributed by atoms with Gasteiger partial charge in [0, 0.05) is 18.8 Å². The number of guanidine groups is 1. The molecule has 1 aliphatic rings. The molecular weight excluding hydrogens is 387 g/mol. The topological polar surface area (TPSA) is 53.6 Å². The third-order valence-corrected chi connectivity index (χ3v) is 3.95. The number of hydrogen-bond acceptors (Lipinski definition) is 2. The first-order valence-electron chi connectivity index (χ1n) is 8.08. The molecule has 2 rings (SSSR count). The Kier molecular flexibility index (Phi) is 9.47. The fourth-order valence-corrected chi connectivity index (χ4v) is 2.85. The minimum Gasteiger partial charge on any atom is -0.370 e. The maximum Gasteiger partial charge on any atom is 0.193 e. The van der Waals surface area contributed by atoms with Crippen molar-refractivity contribution in [3.63, 3.8) is 0 Å². The lowest BCUT2D eigenvalue weighted by molar-refractivity contribution is 0.181. The van der Waals surface area contributed by atoms with Gasteiger partial charge in [-0.3, -0.25) is 4.99 Å². The van der Waals surface area contributed by atoms with Gasteiger partial charge < -0.3 is 16.0 Å². The van der Waals surface area contributed by atoms with Gasteiger partial charge in [0.15, 0.2) is 5.96 Å². The van der Waals surface area contributed by atoms with Crippen molar-refractivity contribution in [3.05, 3.63) is 30.3 Å². The largest absolute Gasteiger partial charge is 0.370 e. The number of nitrogens with one attached hydrogen (secondary N) is 1. The normalized spacial score (nSPS) is 19.5. The third kappa shape index (κ3) is 7.45. The highest BCUT2D eigenvalue weighted by Gasteiger charge is 2.14. The van der Waals surface area contributed by atoms with E-state index in [0.29, 0.717) is 5.96 Å². The number of piperidine rings is 1. The fourth-order valence-electron chi connectivity index (χ4n) is 2.85. The van der Waals surface area contributed by atoms with E-state index in [1.165, 1.54) is 38.9 Å². The number of rotatable bonds is 6. The van der Waals surface area contributed by atoms with E-state index in [0.717, 1.165) is 24.6 Å². The predicted molar refractivity (Wildman–Crippen MR) is 106 cm³/mol. The second-order valence-electron chi connectivity index (χ2n) is 6.01. The first-order chi connectivity index (χ1) is 10.2. The van der Waals surface area contributed by atoms with E-state index >= 15 is 0 Å². The molecule has 1 atom stereocenters. The van der Waals surface area contributed by atoms with Crippen LogP contribution in [0.1, 0.15) is 32.6 Å². The zero-order valence-corrected chi connectivity index (χ0v) is 15.8. The molecule has 1 saturated heterocycles. The quantitative estimate of drug-likeness (QED) is 0.323. The van der Waals surface area contributed by atoms with Crippen molar-refractivity contribution in [2.75, 3.05) is 31.5 Å².